The van der Waals surface area contributed by atoms with Gasteiger partial charge in [0.1, 0.15) is 11.4 Å². The van der Waals surface area contributed by atoms with E-state index in [2.05, 4.69) is 4.98 Å². The lowest BCUT2D eigenvalue weighted by Crippen LogP contribution is -2.21. The standard InChI is InChI=1S/C16H11F3N4O3/c1-5-11(20)8(17)2-6-12(5)23(4-7(13(6)24)16(25)26)15-10(19)3-9(18)14(21)22-15/h2-4H,20H2,1H3,(H2,21,22)(H,25,26). The molecule has 0 saturated heterocycles. The first kappa shape index (κ1) is 17.3. The fourth-order valence-electron chi connectivity index (χ4n) is 2.62. The Balaban J connectivity index is 2.59. The maximum Gasteiger partial charge on any atom is 0.341 e. The fraction of sp³-hybridized carbons (Fsp3) is 0.0625. The zero-order valence-electron chi connectivity index (χ0n) is 13.2. The molecule has 0 amide bonds. The number of carboxylic acid groups (broad SMARTS) is 1. The number of hydrogen-bond acceptors (Lipinski definition) is 5. The average molecular weight is 364 g/mol. The van der Waals surface area contributed by atoms with Crippen molar-refractivity contribution in [3.05, 3.63) is 57.1 Å². The Kier molecular flexibility index (Phi) is 3.82. The number of rotatable bonds is 2. The van der Waals surface area contributed by atoms with E-state index in [0.717, 1.165) is 16.8 Å². The fourth-order valence-corrected chi connectivity index (χ4v) is 2.62. The normalized spacial score (nSPS) is 11.1. The first-order valence-corrected chi connectivity index (χ1v) is 7.12. The number of hydrogen-bond donors (Lipinski definition) is 3. The summed E-state index contributed by atoms with van der Waals surface area (Å²) in [6, 6.07) is 1.22. The summed E-state index contributed by atoms with van der Waals surface area (Å²) in [5.74, 6) is -6.04. The summed E-state index contributed by atoms with van der Waals surface area (Å²) in [5.41, 5.74) is 8.91. The Morgan fingerprint density at radius 1 is 1.15 bits per heavy atom. The number of halogens is 3. The predicted molar refractivity (Wildman–Crippen MR) is 87.7 cm³/mol. The molecule has 0 fully saturated rings. The third-order valence-corrected chi connectivity index (χ3v) is 3.93. The molecular formula is C16H11F3N4O3. The molecule has 0 radical (unpaired) electrons. The van der Waals surface area contributed by atoms with Crippen molar-refractivity contribution in [2.24, 2.45) is 0 Å². The second-order valence-electron chi connectivity index (χ2n) is 5.50. The largest absolute Gasteiger partial charge is 0.477 e. The molecule has 10 heteroatoms. The number of nitrogens with two attached hydrogens (primary N) is 2. The monoisotopic (exact) mass is 364 g/mol. The third-order valence-electron chi connectivity index (χ3n) is 3.93. The van der Waals surface area contributed by atoms with Gasteiger partial charge in [0, 0.05) is 12.3 Å². The van der Waals surface area contributed by atoms with Crippen LogP contribution in [0.1, 0.15) is 15.9 Å². The van der Waals surface area contributed by atoms with E-state index < -0.39 is 46.0 Å². The molecule has 0 aliphatic heterocycles. The van der Waals surface area contributed by atoms with Crippen molar-refractivity contribution in [1.29, 1.82) is 0 Å². The van der Waals surface area contributed by atoms with E-state index >= 15 is 0 Å². The smallest absolute Gasteiger partial charge is 0.341 e. The summed E-state index contributed by atoms with van der Waals surface area (Å²) in [7, 11) is 0. The van der Waals surface area contributed by atoms with Gasteiger partial charge in [0.05, 0.1) is 16.6 Å². The van der Waals surface area contributed by atoms with Crippen LogP contribution in [-0.4, -0.2) is 20.6 Å². The number of nitrogens with zero attached hydrogens (tertiary/aromatic N) is 2. The molecule has 7 nitrogen and oxygen atoms in total. The number of aromatic nitrogens is 2. The first-order chi connectivity index (χ1) is 12.1. The first-order valence-electron chi connectivity index (χ1n) is 7.12. The molecule has 0 aliphatic carbocycles. The number of carbonyl (C=O) groups is 1. The molecule has 5 N–H and O–H groups in total. The number of pyridine rings is 2. The van der Waals surface area contributed by atoms with Crippen LogP contribution in [0.25, 0.3) is 16.7 Å². The number of aromatic carboxylic acids is 1. The predicted octanol–water partition coefficient (Wildman–Crippen LogP) is 1.97. The van der Waals surface area contributed by atoms with Crippen LogP contribution in [0.3, 0.4) is 0 Å². The Morgan fingerprint density at radius 2 is 1.81 bits per heavy atom. The highest BCUT2D eigenvalue weighted by molar-refractivity contribution is 5.95. The second kappa shape index (κ2) is 5.76. The van der Waals surface area contributed by atoms with Crippen LogP contribution in [-0.2, 0) is 0 Å². The maximum atomic E-state index is 14.3. The molecule has 0 saturated carbocycles. The molecule has 2 aromatic heterocycles. The van der Waals surface area contributed by atoms with Crippen LogP contribution >= 0.6 is 0 Å². The highest BCUT2D eigenvalue weighted by Crippen LogP contribution is 2.28. The van der Waals surface area contributed by atoms with Crippen LogP contribution in [0.5, 0.6) is 0 Å². The van der Waals surface area contributed by atoms with E-state index in [0.29, 0.717) is 6.07 Å². The Bertz CT molecular complexity index is 1160. The van der Waals surface area contributed by atoms with Gasteiger partial charge in [0.2, 0.25) is 5.43 Å². The van der Waals surface area contributed by atoms with E-state index in [1.807, 2.05) is 0 Å². The van der Waals surface area contributed by atoms with Gasteiger partial charge in [0.25, 0.3) is 0 Å². The van der Waals surface area contributed by atoms with Crippen molar-refractivity contribution in [2.75, 3.05) is 11.5 Å². The maximum absolute atomic E-state index is 14.3. The number of aryl methyl sites for hydroxylation is 1. The minimum absolute atomic E-state index is 0.0538. The van der Waals surface area contributed by atoms with E-state index in [-0.39, 0.29) is 22.2 Å². The van der Waals surface area contributed by atoms with E-state index in [1.54, 1.807) is 0 Å². The van der Waals surface area contributed by atoms with Gasteiger partial charge >= 0.3 is 5.97 Å². The molecule has 1 aromatic carbocycles. The van der Waals surface area contributed by atoms with Gasteiger partial charge in [-0.15, -0.1) is 0 Å². The molecular weight excluding hydrogens is 353 g/mol. The van der Waals surface area contributed by atoms with E-state index in [1.165, 1.54) is 6.92 Å². The van der Waals surface area contributed by atoms with Gasteiger partial charge in [-0.05, 0) is 18.6 Å². The highest BCUT2D eigenvalue weighted by Gasteiger charge is 2.22. The quantitative estimate of drug-likeness (QED) is 0.597. The van der Waals surface area contributed by atoms with Crippen LogP contribution in [0, 0.1) is 24.4 Å². The van der Waals surface area contributed by atoms with Crippen LogP contribution in [0.15, 0.2) is 23.1 Å². The minimum Gasteiger partial charge on any atom is -0.477 e. The summed E-state index contributed by atoms with van der Waals surface area (Å²) in [5, 5.41) is 8.88. The zero-order chi connectivity index (χ0) is 19.3. The number of fused-ring (bicyclic) bond motifs is 1. The average Bonchev–Trinajstić information content (AvgIpc) is 2.57. The van der Waals surface area contributed by atoms with Crippen LogP contribution < -0.4 is 16.9 Å². The number of benzene rings is 1. The number of nitrogen functional groups attached to an aromatic ring is 2. The van der Waals surface area contributed by atoms with Crippen molar-refractivity contribution in [3.63, 3.8) is 0 Å². The minimum atomic E-state index is -1.61. The summed E-state index contributed by atoms with van der Waals surface area (Å²) >= 11 is 0. The SMILES string of the molecule is Cc1c(N)c(F)cc2c(=O)c(C(=O)O)cn(-c3nc(N)c(F)cc3F)c12. The lowest BCUT2D eigenvalue weighted by molar-refractivity contribution is 0.0695. The van der Waals surface area contributed by atoms with Gasteiger partial charge in [-0.2, -0.15) is 0 Å². The van der Waals surface area contributed by atoms with Crippen LogP contribution in [0.2, 0.25) is 0 Å². The molecule has 3 aromatic rings. The van der Waals surface area contributed by atoms with Crippen molar-refractivity contribution >= 4 is 28.4 Å². The van der Waals surface area contributed by atoms with Crippen LogP contribution in [0.4, 0.5) is 24.7 Å². The van der Waals surface area contributed by atoms with Crippen molar-refractivity contribution < 1.29 is 23.1 Å². The molecule has 0 atom stereocenters. The second-order valence-corrected chi connectivity index (χ2v) is 5.50. The Hall–Kier alpha value is -3.56. The molecule has 26 heavy (non-hydrogen) atoms. The van der Waals surface area contributed by atoms with Gasteiger partial charge in [-0.3, -0.25) is 9.36 Å². The van der Waals surface area contributed by atoms with Gasteiger partial charge < -0.3 is 16.6 Å². The topological polar surface area (TPSA) is 124 Å². The van der Waals surface area contributed by atoms with Gasteiger partial charge in [-0.25, -0.2) is 22.9 Å². The molecule has 0 unspecified atom stereocenters. The van der Waals surface area contributed by atoms with Crippen molar-refractivity contribution in [1.82, 2.24) is 9.55 Å². The molecule has 0 bridgehead atoms. The van der Waals surface area contributed by atoms with Gasteiger partial charge in [-0.1, -0.05) is 0 Å². The number of anilines is 2. The summed E-state index contributed by atoms with van der Waals surface area (Å²) in [4.78, 5) is 27.3. The molecule has 0 aliphatic rings. The summed E-state index contributed by atoms with van der Waals surface area (Å²) < 4.78 is 42.5. The van der Waals surface area contributed by atoms with Gasteiger partial charge in [0.15, 0.2) is 23.3 Å². The Labute approximate surface area is 143 Å². The molecule has 0 spiro atoms. The summed E-state index contributed by atoms with van der Waals surface area (Å²) in [6.07, 6.45) is 0.806. The molecule has 134 valence electrons. The summed E-state index contributed by atoms with van der Waals surface area (Å²) in [6.45, 7) is 1.36. The molecule has 2 heterocycles. The lowest BCUT2D eigenvalue weighted by Gasteiger charge is -2.16. The van der Waals surface area contributed by atoms with Crippen molar-refractivity contribution in [3.8, 4) is 5.82 Å². The zero-order valence-corrected chi connectivity index (χ0v) is 13.2. The van der Waals surface area contributed by atoms with E-state index in [9.17, 15) is 27.9 Å². The van der Waals surface area contributed by atoms with Crippen molar-refractivity contribution in [2.45, 2.75) is 6.92 Å². The Morgan fingerprint density at radius 3 is 2.42 bits per heavy atom. The lowest BCUT2D eigenvalue weighted by atomic mass is 10.0. The number of carboxylic acids is 1. The third kappa shape index (κ3) is 2.42. The highest BCUT2D eigenvalue weighted by atomic mass is 19.1. The molecule has 3 rings (SSSR count). The van der Waals surface area contributed by atoms with E-state index in [4.69, 9.17) is 11.5 Å².